The summed E-state index contributed by atoms with van der Waals surface area (Å²) in [7, 11) is -3.82. The molecule has 0 atom stereocenters. The molecule has 0 unspecified atom stereocenters. The largest absolute Gasteiger partial charge is 0.393 e. The van der Waals surface area contributed by atoms with Crippen LogP contribution in [-0.2, 0) is 16.4 Å². The van der Waals surface area contributed by atoms with Gasteiger partial charge in [0.25, 0.3) is 5.69 Å². The first-order valence-electron chi connectivity index (χ1n) is 5.69. The lowest BCUT2D eigenvalue weighted by atomic mass is 10.3. The van der Waals surface area contributed by atoms with Crippen LogP contribution in [0.1, 0.15) is 5.89 Å². The lowest BCUT2D eigenvalue weighted by molar-refractivity contribution is -0.383. The highest BCUT2D eigenvalue weighted by atomic mass is 32.2. The van der Waals surface area contributed by atoms with Gasteiger partial charge in [0.05, 0.1) is 9.82 Å². The maximum Gasteiger partial charge on any atom is 0.292 e. The quantitative estimate of drug-likeness (QED) is 0.431. The van der Waals surface area contributed by atoms with Gasteiger partial charge in [-0.05, 0) is 12.1 Å². The molecule has 3 N–H and O–H groups in total. The maximum atomic E-state index is 12.0. The van der Waals surface area contributed by atoms with Crippen molar-refractivity contribution < 1.29 is 17.9 Å². The fourth-order valence-corrected chi connectivity index (χ4v) is 2.61. The number of benzene rings is 1. The molecule has 0 bridgehead atoms. The Morgan fingerprint density at radius 2 is 2.19 bits per heavy atom. The predicted octanol–water partition coefficient (Wildman–Crippen LogP) is 0.0810. The number of aromatic nitrogens is 2. The van der Waals surface area contributed by atoms with E-state index in [1.807, 2.05) is 0 Å². The van der Waals surface area contributed by atoms with Crippen molar-refractivity contribution in [2.24, 2.45) is 0 Å². The van der Waals surface area contributed by atoms with E-state index < -0.39 is 14.9 Å². The summed E-state index contributed by atoms with van der Waals surface area (Å²) in [5.74, 6) is 0.293. The van der Waals surface area contributed by atoms with Gasteiger partial charge in [-0.2, -0.15) is 4.98 Å². The Balaban J connectivity index is 2.08. The van der Waals surface area contributed by atoms with Gasteiger partial charge in [-0.1, -0.05) is 5.16 Å². The summed E-state index contributed by atoms with van der Waals surface area (Å²) >= 11 is 0. The Bertz CT molecular complexity index is 743. The van der Waals surface area contributed by atoms with Crippen LogP contribution in [0.5, 0.6) is 0 Å². The van der Waals surface area contributed by atoms with Crippen molar-refractivity contribution in [2.75, 3.05) is 12.3 Å². The Hall–Kier alpha value is -2.53. The molecule has 0 aliphatic rings. The van der Waals surface area contributed by atoms with E-state index in [0.29, 0.717) is 5.89 Å². The van der Waals surface area contributed by atoms with Gasteiger partial charge < -0.3 is 10.3 Å². The van der Waals surface area contributed by atoms with Crippen LogP contribution >= 0.6 is 0 Å². The number of hydrogen-bond donors (Lipinski definition) is 2. The number of nitrogens with two attached hydrogens (primary N) is 1. The number of hydrogen-bond acceptors (Lipinski definition) is 8. The van der Waals surface area contributed by atoms with E-state index in [1.54, 1.807) is 0 Å². The van der Waals surface area contributed by atoms with E-state index in [0.717, 1.165) is 18.2 Å². The van der Waals surface area contributed by atoms with Crippen LogP contribution in [0.3, 0.4) is 0 Å². The third kappa shape index (κ3) is 3.52. The lowest BCUT2D eigenvalue weighted by Crippen LogP contribution is -2.26. The smallest absolute Gasteiger partial charge is 0.292 e. The molecule has 1 aromatic carbocycles. The van der Waals surface area contributed by atoms with Gasteiger partial charge in [0, 0.05) is 19.0 Å². The van der Waals surface area contributed by atoms with Crippen LogP contribution in [0.15, 0.2) is 33.9 Å². The molecule has 1 aromatic heterocycles. The van der Waals surface area contributed by atoms with Crippen LogP contribution < -0.4 is 10.5 Å². The molecule has 2 aromatic rings. The highest BCUT2D eigenvalue weighted by Gasteiger charge is 2.19. The minimum Gasteiger partial charge on any atom is -0.393 e. The Morgan fingerprint density at radius 1 is 1.43 bits per heavy atom. The Morgan fingerprint density at radius 3 is 2.76 bits per heavy atom. The summed E-state index contributed by atoms with van der Waals surface area (Å²) in [6.45, 7) is 0.0431. The van der Waals surface area contributed by atoms with E-state index in [1.165, 1.54) is 6.33 Å². The number of nitrogens with one attached hydrogen (secondary N) is 1. The van der Waals surface area contributed by atoms with Crippen LogP contribution in [-0.4, -0.2) is 30.0 Å². The number of nitrogen functional groups attached to an aromatic ring is 1. The molecule has 0 spiro atoms. The molecule has 112 valence electrons. The topological polar surface area (TPSA) is 154 Å². The molecule has 0 radical (unpaired) electrons. The zero-order valence-electron chi connectivity index (χ0n) is 10.6. The van der Waals surface area contributed by atoms with Gasteiger partial charge in [0.2, 0.25) is 15.9 Å². The molecule has 21 heavy (non-hydrogen) atoms. The van der Waals surface area contributed by atoms with Crippen molar-refractivity contribution >= 4 is 21.4 Å². The molecule has 0 aliphatic heterocycles. The minimum absolute atomic E-state index is 0.0431. The molecule has 0 saturated heterocycles. The van der Waals surface area contributed by atoms with Crippen molar-refractivity contribution in [1.82, 2.24) is 14.9 Å². The SMILES string of the molecule is Nc1cc(S(=O)(=O)NCCc2ncno2)ccc1[N+](=O)[O-]. The monoisotopic (exact) mass is 313 g/mol. The number of nitro groups is 1. The first-order chi connectivity index (χ1) is 9.90. The number of nitro benzene ring substituents is 1. The highest BCUT2D eigenvalue weighted by molar-refractivity contribution is 7.89. The number of rotatable bonds is 6. The summed E-state index contributed by atoms with van der Waals surface area (Å²) in [6, 6.07) is 3.19. The second kappa shape index (κ2) is 5.85. The molecular weight excluding hydrogens is 302 g/mol. The summed E-state index contributed by atoms with van der Waals surface area (Å²) in [4.78, 5) is 13.5. The standard InChI is InChI=1S/C10H11N5O5S/c11-8-5-7(1-2-9(8)15(16)17)21(18,19)14-4-3-10-12-6-13-20-10/h1-2,5-6,14H,3-4,11H2. The van der Waals surface area contributed by atoms with Gasteiger partial charge in [-0.3, -0.25) is 10.1 Å². The molecule has 1 heterocycles. The average Bonchev–Trinajstić information content (AvgIpc) is 2.91. The summed E-state index contributed by atoms with van der Waals surface area (Å²) in [5, 5.41) is 14.0. The zero-order chi connectivity index (χ0) is 15.5. The third-order valence-electron chi connectivity index (χ3n) is 2.54. The molecule has 2 rings (SSSR count). The number of sulfonamides is 1. The van der Waals surface area contributed by atoms with E-state index in [9.17, 15) is 18.5 Å². The number of nitrogens with zero attached hydrogens (tertiary/aromatic N) is 3. The van der Waals surface area contributed by atoms with Crippen molar-refractivity contribution in [3.05, 3.63) is 40.5 Å². The minimum atomic E-state index is -3.82. The molecule has 11 heteroatoms. The van der Waals surface area contributed by atoms with E-state index in [2.05, 4.69) is 14.9 Å². The maximum absolute atomic E-state index is 12.0. The fourth-order valence-electron chi connectivity index (χ4n) is 1.55. The molecule has 0 saturated carbocycles. The summed E-state index contributed by atoms with van der Waals surface area (Å²) in [6.07, 6.45) is 1.43. The van der Waals surface area contributed by atoms with Crippen LogP contribution in [0.4, 0.5) is 11.4 Å². The Labute approximate surface area is 119 Å². The molecule has 10 nitrogen and oxygen atoms in total. The van der Waals surface area contributed by atoms with Crippen molar-refractivity contribution in [3.63, 3.8) is 0 Å². The second-order valence-corrected chi connectivity index (χ2v) is 5.73. The summed E-state index contributed by atoms with van der Waals surface area (Å²) in [5.41, 5.74) is 4.89. The van der Waals surface area contributed by atoms with Gasteiger partial charge in [-0.15, -0.1) is 0 Å². The third-order valence-corrected chi connectivity index (χ3v) is 4.00. The first kappa shape index (κ1) is 14.9. The summed E-state index contributed by atoms with van der Waals surface area (Å²) < 4.78 is 31.0. The van der Waals surface area contributed by atoms with Crippen molar-refractivity contribution in [2.45, 2.75) is 11.3 Å². The lowest BCUT2D eigenvalue weighted by Gasteiger charge is -2.06. The van der Waals surface area contributed by atoms with Crippen LogP contribution in [0, 0.1) is 10.1 Å². The normalized spacial score (nSPS) is 11.4. The first-order valence-corrected chi connectivity index (χ1v) is 7.17. The van der Waals surface area contributed by atoms with Crippen molar-refractivity contribution in [3.8, 4) is 0 Å². The zero-order valence-corrected chi connectivity index (χ0v) is 11.4. The van der Waals surface area contributed by atoms with Gasteiger partial charge >= 0.3 is 0 Å². The number of anilines is 1. The van der Waals surface area contributed by atoms with Gasteiger partial charge in [-0.25, -0.2) is 13.1 Å². The molecular formula is C10H11N5O5S. The van der Waals surface area contributed by atoms with Crippen LogP contribution in [0.25, 0.3) is 0 Å². The fraction of sp³-hybridized carbons (Fsp3) is 0.200. The van der Waals surface area contributed by atoms with E-state index in [4.69, 9.17) is 10.3 Å². The molecule has 0 fully saturated rings. The predicted molar refractivity (Wildman–Crippen MR) is 70.7 cm³/mol. The van der Waals surface area contributed by atoms with Gasteiger partial charge in [0.15, 0.2) is 6.33 Å². The van der Waals surface area contributed by atoms with Crippen molar-refractivity contribution in [1.29, 1.82) is 0 Å². The van der Waals surface area contributed by atoms with E-state index in [-0.39, 0.29) is 29.2 Å². The average molecular weight is 313 g/mol. The molecule has 0 aliphatic carbocycles. The molecule has 0 amide bonds. The van der Waals surface area contributed by atoms with Gasteiger partial charge in [0.1, 0.15) is 5.69 Å². The van der Waals surface area contributed by atoms with Crippen LogP contribution in [0.2, 0.25) is 0 Å². The second-order valence-electron chi connectivity index (χ2n) is 3.96. The Kier molecular flexibility index (Phi) is 4.14. The highest BCUT2D eigenvalue weighted by Crippen LogP contribution is 2.24. The van der Waals surface area contributed by atoms with E-state index >= 15 is 0 Å².